The fourth-order valence-corrected chi connectivity index (χ4v) is 2.38. The van der Waals surface area contributed by atoms with Gasteiger partial charge in [-0.2, -0.15) is 0 Å². The molecule has 0 aromatic rings. The van der Waals surface area contributed by atoms with E-state index >= 15 is 0 Å². The molecular formula is C14H30N4. The van der Waals surface area contributed by atoms with Crippen LogP contribution in [0.2, 0.25) is 0 Å². The second kappa shape index (κ2) is 8.35. The third-order valence-electron chi connectivity index (χ3n) is 3.52. The lowest BCUT2D eigenvalue weighted by molar-refractivity contribution is 0.210. The van der Waals surface area contributed by atoms with Crippen LogP contribution in [0.15, 0.2) is 4.99 Å². The summed E-state index contributed by atoms with van der Waals surface area (Å²) in [5.41, 5.74) is 0. The quantitative estimate of drug-likeness (QED) is 0.577. The fraction of sp³-hybridized carbons (Fsp3) is 0.929. The third-order valence-corrected chi connectivity index (χ3v) is 3.52. The second-order valence-electron chi connectivity index (χ2n) is 5.83. The van der Waals surface area contributed by atoms with Crippen LogP contribution in [0.5, 0.6) is 0 Å². The number of rotatable bonds is 5. The van der Waals surface area contributed by atoms with Crippen molar-refractivity contribution < 1.29 is 0 Å². The van der Waals surface area contributed by atoms with E-state index in [9.17, 15) is 0 Å². The zero-order chi connectivity index (χ0) is 13.4. The number of aliphatic imine (C=N–C) groups is 1. The van der Waals surface area contributed by atoms with Crippen LogP contribution in [0.3, 0.4) is 0 Å². The van der Waals surface area contributed by atoms with Crippen molar-refractivity contribution >= 4 is 5.96 Å². The highest BCUT2D eigenvalue weighted by Crippen LogP contribution is 2.13. The summed E-state index contributed by atoms with van der Waals surface area (Å²) in [5, 5.41) is 6.82. The van der Waals surface area contributed by atoms with Gasteiger partial charge in [-0.3, -0.25) is 4.99 Å². The molecule has 1 rings (SSSR count). The molecule has 4 heteroatoms. The highest BCUT2D eigenvalue weighted by molar-refractivity contribution is 5.79. The number of hydrogen-bond acceptors (Lipinski definition) is 2. The summed E-state index contributed by atoms with van der Waals surface area (Å²) >= 11 is 0. The second-order valence-corrected chi connectivity index (χ2v) is 5.83. The monoisotopic (exact) mass is 254 g/mol. The van der Waals surface area contributed by atoms with Gasteiger partial charge in [-0.15, -0.1) is 0 Å². The molecule has 0 aromatic heterocycles. The van der Waals surface area contributed by atoms with Crippen LogP contribution in [0.4, 0.5) is 0 Å². The average Bonchev–Trinajstić information content (AvgIpc) is 2.33. The van der Waals surface area contributed by atoms with Gasteiger partial charge in [0.05, 0.1) is 0 Å². The Morgan fingerprint density at radius 1 is 1.39 bits per heavy atom. The summed E-state index contributed by atoms with van der Waals surface area (Å²) in [5.74, 6) is 2.44. The van der Waals surface area contributed by atoms with Crippen LogP contribution in [0, 0.1) is 11.8 Å². The lowest BCUT2D eigenvalue weighted by Crippen LogP contribution is -2.43. The molecule has 106 valence electrons. The van der Waals surface area contributed by atoms with Crippen LogP contribution < -0.4 is 10.6 Å². The lowest BCUT2D eigenvalue weighted by atomic mass is 9.99. The van der Waals surface area contributed by atoms with Gasteiger partial charge in [0.15, 0.2) is 5.96 Å². The van der Waals surface area contributed by atoms with Gasteiger partial charge in [-0.25, -0.2) is 0 Å². The molecule has 0 radical (unpaired) electrons. The Morgan fingerprint density at radius 2 is 2.17 bits per heavy atom. The molecule has 0 saturated carbocycles. The highest BCUT2D eigenvalue weighted by Gasteiger charge is 2.17. The van der Waals surface area contributed by atoms with Crippen LogP contribution in [0.1, 0.15) is 33.1 Å². The summed E-state index contributed by atoms with van der Waals surface area (Å²) < 4.78 is 0. The van der Waals surface area contributed by atoms with Gasteiger partial charge in [0.25, 0.3) is 0 Å². The molecule has 0 amide bonds. The molecule has 1 heterocycles. The maximum atomic E-state index is 4.27. The molecule has 2 N–H and O–H groups in total. The molecule has 0 aromatic carbocycles. The minimum atomic E-state index is 0.739. The predicted molar refractivity (Wildman–Crippen MR) is 79.0 cm³/mol. The Labute approximate surface area is 112 Å². The van der Waals surface area contributed by atoms with Crippen molar-refractivity contribution in [3.05, 3.63) is 0 Å². The number of likely N-dealkylation sites (tertiary alicyclic amines) is 1. The Bertz CT molecular complexity index is 250. The van der Waals surface area contributed by atoms with Gasteiger partial charge in [0.1, 0.15) is 0 Å². The molecule has 1 unspecified atom stereocenters. The molecule has 1 aliphatic rings. The van der Waals surface area contributed by atoms with Crippen LogP contribution >= 0.6 is 0 Å². The van der Waals surface area contributed by atoms with Gasteiger partial charge in [0, 0.05) is 26.7 Å². The highest BCUT2D eigenvalue weighted by atomic mass is 15.2. The van der Waals surface area contributed by atoms with Crippen LogP contribution in [0.25, 0.3) is 0 Å². The first-order chi connectivity index (χ1) is 8.61. The minimum Gasteiger partial charge on any atom is -0.356 e. The first-order valence-electron chi connectivity index (χ1n) is 7.25. The molecule has 1 aliphatic heterocycles. The molecule has 0 bridgehead atoms. The summed E-state index contributed by atoms with van der Waals surface area (Å²) in [6.07, 6.45) is 3.84. The van der Waals surface area contributed by atoms with Crippen molar-refractivity contribution in [2.24, 2.45) is 16.8 Å². The van der Waals surface area contributed by atoms with E-state index < -0.39 is 0 Å². The number of hydrogen-bond donors (Lipinski definition) is 2. The van der Waals surface area contributed by atoms with E-state index in [4.69, 9.17) is 0 Å². The van der Waals surface area contributed by atoms with Gasteiger partial charge in [-0.05, 0) is 44.7 Å². The van der Waals surface area contributed by atoms with Crippen molar-refractivity contribution in [3.8, 4) is 0 Å². The van der Waals surface area contributed by atoms with E-state index in [1.54, 1.807) is 0 Å². The summed E-state index contributed by atoms with van der Waals surface area (Å²) in [6, 6.07) is 0. The molecule has 1 atom stereocenters. The standard InChI is InChI=1S/C14H30N4/c1-12(2)7-8-16-14(15-3)17-10-13-6-5-9-18(4)11-13/h12-13H,5-11H2,1-4H3,(H2,15,16,17). The SMILES string of the molecule is CN=C(NCCC(C)C)NCC1CCCN(C)C1. The minimum absolute atomic E-state index is 0.739. The number of nitrogens with zero attached hydrogens (tertiary/aromatic N) is 2. The molecule has 18 heavy (non-hydrogen) atoms. The number of guanidine groups is 1. The summed E-state index contributed by atoms with van der Waals surface area (Å²) in [6.45, 7) is 8.98. The zero-order valence-corrected chi connectivity index (χ0v) is 12.5. The van der Waals surface area contributed by atoms with E-state index in [-0.39, 0.29) is 0 Å². The van der Waals surface area contributed by atoms with E-state index in [0.29, 0.717) is 0 Å². The Balaban J connectivity index is 2.18. The first-order valence-corrected chi connectivity index (χ1v) is 7.25. The molecule has 4 nitrogen and oxygen atoms in total. The van der Waals surface area contributed by atoms with Gasteiger partial charge < -0.3 is 15.5 Å². The van der Waals surface area contributed by atoms with Crippen molar-refractivity contribution in [1.29, 1.82) is 0 Å². The number of piperidine rings is 1. The summed E-state index contributed by atoms with van der Waals surface area (Å²) in [4.78, 5) is 6.69. The van der Waals surface area contributed by atoms with Crippen molar-refractivity contribution in [2.45, 2.75) is 33.1 Å². The Morgan fingerprint density at radius 3 is 2.78 bits per heavy atom. The maximum absolute atomic E-state index is 4.27. The van der Waals surface area contributed by atoms with Crippen LogP contribution in [-0.2, 0) is 0 Å². The largest absolute Gasteiger partial charge is 0.356 e. The van der Waals surface area contributed by atoms with Crippen LogP contribution in [-0.4, -0.2) is 51.1 Å². The van der Waals surface area contributed by atoms with E-state index in [2.05, 4.69) is 41.4 Å². The maximum Gasteiger partial charge on any atom is 0.190 e. The topological polar surface area (TPSA) is 39.7 Å². The van der Waals surface area contributed by atoms with Gasteiger partial charge >= 0.3 is 0 Å². The Hall–Kier alpha value is -0.770. The lowest BCUT2D eigenvalue weighted by Gasteiger charge is -2.30. The first kappa shape index (κ1) is 15.3. The molecule has 0 spiro atoms. The van der Waals surface area contributed by atoms with Gasteiger partial charge in [0.2, 0.25) is 0 Å². The fourth-order valence-electron chi connectivity index (χ4n) is 2.38. The molecule has 0 aliphatic carbocycles. The average molecular weight is 254 g/mol. The smallest absolute Gasteiger partial charge is 0.190 e. The Kier molecular flexibility index (Phi) is 7.09. The van der Waals surface area contributed by atoms with E-state index in [0.717, 1.165) is 30.9 Å². The van der Waals surface area contributed by atoms with Gasteiger partial charge in [-0.1, -0.05) is 13.8 Å². The third kappa shape index (κ3) is 6.24. The predicted octanol–water partition coefficient (Wildman–Crippen LogP) is 1.54. The van der Waals surface area contributed by atoms with E-state index in [1.165, 1.54) is 32.4 Å². The molecule has 1 fully saturated rings. The van der Waals surface area contributed by atoms with E-state index in [1.807, 2.05) is 7.05 Å². The zero-order valence-electron chi connectivity index (χ0n) is 12.5. The normalized spacial score (nSPS) is 22.3. The molecule has 1 saturated heterocycles. The molecular weight excluding hydrogens is 224 g/mol. The van der Waals surface area contributed by atoms with Crippen molar-refractivity contribution in [1.82, 2.24) is 15.5 Å². The summed E-state index contributed by atoms with van der Waals surface area (Å²) in [7, 11) is 4.06. The van der Waals surface area contributed by atoms with Crippen molar-refractivity contribution in [2.75, 3.05) is 40.3 Å². The number of nitrogens with one attached hydrogen (secondary N) is 2. The van der Waals surface area contributed by atoms with Crippen molar-refractivity contribution in [3.63, 3.8) is 0 Å².